The smallest absolute Gasteiger partial charge is 0.237 e. The Bertz CT molecular complexity index is 345. The number of fused-ring (bicyclic) bond motifs is 1. The molecular formula is C15H26N2O2. The first-order chi connectivity index (χ1) is 9.07. The summed E-state index contributed by atoms with van der Waals surface area (Å²) in [6.07, 6.45) is 6.87. The van der Waals surface area contributed by atoms with Gasteiger partial charge in [0.1, 0.15) is 0 Å². The molecule has 108 valence electrons. The molecule has 2 rings (SSSR count). The topological polar surface area (TPSA) is 52.6 Å². The van der Waals surface area contributed by atoms with E-state index in [0.29, 0.717) is 12.5 Å². The molecule has 0 aromatic rings. The van der Waals surface area contributed by atoms with E-state index in [9.17, 15) is 9.90 Å². The third kappa shape index (κ3) is 3.18. The van der Waals surface area contributed by atoms with Crippen LogP contribution in [0.15, 0.2) is 12.7 Å². The fourth-order valence-electron chi connectivity index (χ4n) is 3.43. The number of nitrogens with one attached hydrogen (secondary N) is 1. The van der Waals surface area contributed by atoms with Crippen LogP contribution in [0.5, 0.6) is 0 Å². The number of carbonyl (C=O) groups is 1. The predicted octanol–water partition coefficient (Wildman–Crippen LogP) is 1.30. The summed E-state index contributed by atoms with van der Waals surface area (Å²) in [6, 6.07) is -0.119. The lowest BCUT2D eigenvalue weighted by Gasteiger charge is -2.48. The molecular weight excluding hydrogens is 240 g/mol. The zero-order valence-corrected chi connectivity index (χ0v) is 11.9. The summed E-state index contributed by atoms with van der Waals surface area (Å²) in [7, 11) is 0. The number of nitrogens with zero attached hydrogens (tertiary/aromatic N) is 1. The minimum absolute atomic E-state index is 0.0566. The van der Waals surface area contributed by atoms with Gasteiger partial charge in [0.2, 0.25) is 5.91 Å². The van der Waals surface area contributed by atoms with Crippen molar-refractivity contribution in [3.05, 3.63) is 12.7 Å². The van der Waals surface area contributed by atoms with Gasteiger partial charge in [-0.3, -0.25) is 9.69 Å². The van der Waals surface area contributed by atoms with Crippen LogP contribution in [-0.4, -0.2) is 47.2 Å². The maximum absolute atomic E-state index is 12.0. The van der Waals surface area contributed by atoms with Crippen LogP contribution in [0.1, 0.15) is 39.0 Å². The Morgan fingerprint density at radius 1 is 1.58 bits per heavy atom. The fourth-order valence-corrected chi connectivity index (χ4v) is 3.43. The third-order valence-electron chi connectivity index (χ3n) is 4.81. The average Bonchev–Trinajstić information content (AvgIpc) is 2.42. The van der Waals surface area contributed by atoms with Gasteiger partial charge in [-0.2, -0.15) is 0 Å². The molecule has 0 bridgehead atoms. The summed E-state index contributed by atoms with van der Waals surface area (Å²) in [5.74, 6) is 0.394. The van der Waals surface area contributed by atoms with Gasteiger partial charge in [0.25, 0.3) is 0 Å². The number of carbonyl (C=O) groups excluding carboxylic acids is 1. The number of hydrogen-bond donors (Lipinski definition) is 2. The molecule has 1 aliphatic heterocycles. The number of rotatable bonds is 4. The minimum atomic E-state index is -0.466. The molecule has 2 N–H and O–H groups in total. The second-order valence-electron chi connectivity index (χ2n) is 6.00. The quantitative estimate of drug-likeness (QED) is 0.754. The molecule has 0 radical (unpaired) electrons. The van der Waals surface area contributed by atoms with E-state index in [2.05, 4.69) is 16.8 Å². The third-order valence-corrected chi connectivity index (χ3v) is 4.81. The van der Waals surface area contributed by atoms with Crippen LogP contribution in [0, 0.1) is 5.92 Å². The van der Waals surface area contributed by atoms with Gasteiger partial charge >= 0.3 is 0 Å². The highest BCUT2D eigenvalue weighted by molar-refractivity contribution is 5.81. The van der Waals surface area contributed by atoms with Gasteiger partial charge in [0.15, 0.2) is 0 Å². The number of aliphatic hydroxyl groups is 1. The van der Waals surface area contributed by atoms with Crippen molar-refractivity contribution in [2.24, 2.45) is 5.92 Å². The predicted molar refractivity (Wildman–Crippen MR) is 75.8 cm³/mol. The largest absolute Gasteiger partial charge is 0.390 e. The monoisotopic (exact) mass is 266 g/mol. The Morgan fingerprint density at radius 2 is 2.37 bits per heavy atom. The maximum atomic E-state index is 12.0. The van der Waals surface area contributed by atoms with Crippen LogP contribution < -0.4 is 5.32 Å². The SMILES string of the molecule is C=CCNC(=O)C(C)N1CCC2(O)CCCCC2C1. The Morgan fingerprint density at radius 3 is 3.11 bits per heavy atom. The molecule has 4 nitrogen and oxygen atoms in total. The van der Waals surface area contributed by atoms with Crippen molar-refractivity contribution in [1.29, 1.82) is 0 Å². The van der Waals surface area contributed by atoms with E-state index >= 15 is 0 Å². The zero-order chi connectivity index (χ0) is 13.9. The van der Waals surface area contributed by atoms with Crippen LogP contribution in [0.25, 0.3) is 0 Å². The number of hydrogen-bond acceptors (Lipinski definition) is 3. The molecule has 0 aromatic heterocycles. The van der Waals surface area contributed by atoms with Crippen molar-refractivity contribution < 1.29 is 9.90 Å². The van der Waals surface area contributed by atoms with E-state index in [1.54, 1.807) is 6.08 Å². The second kappa shape index (κ2) is 6.06. The van der Waals surface area contributed by atoms with Crippen molar-refractivity contribution in [1.82, 2.24) is 10.2 Å². The normalized spacial score (nSPS) is 33.3. The Hall–Kier alpha value is -0.870. The summed E-state index contributed by atoms with van der Waals surface area (Å²) >= 11 is 0. The van der Waals surface area contributed by atoms with Crippen molar-refractivity contribution in [2.75, 3.05) is 19.6 Å². The van der Waals surface area contributed by atoms with Gasteiger partial charge in [-0.1, -0.05) is 18.9 Å². The Balaban J connectivity index is 1.92. The highest BCUT2D eigenvalue weighted by Crippen LogP contribution is 2.40. The van der Waals surface area contributed by atoms with E-state index in [1.807, 2.05) is 6.92 Å². The van der Waals surface area contributed by atoms with Gasteiger partial charge in [-0.15, -0.1) is 6.58 Å². The molecule has 0 spiro atoms. The van der Waals surface area contributed by atoms with Gasteiger partial charge in [0.05, 0.1) is 11.6 Å². The van der Waals surface area contributed by atoms with Crippen LogP contribution >= 0.6 is 0 Å². The van der Waals surface area contributed by atoms with Gasteiger partial charge in [-0.25, -0.2) is 0 Å². The van der Waals surface area contributed by atoms with Crippen molar-refractivity contribution in [3.63, 3.8) is 0 Å². The molecule has 1 heterocycles. The molecule has 1 saturated heterocycles. The summed E-state index contributed by atoms with van der Waals surface area (Å²) < 4.78 is 0. The lowest BCUT2D eigenvalue weighted by atomic mass is 9.71. The number of piperidine rings is 1. The average molecular weight is 266 g/mol. The molecule has 2 fully saturated rings. The van der Waals surface area contributed by atoms with E-state index in [4.69, 9.17) is 0 Å². The summed E-state index contributed by atoms with van der Waals surface area (Å²) in [4.78, 5) is 14.2. The standard InChI is InChI=1S/C15H26N2O2/c1-3-9-16-14(18)12(2)17-10-8-15(19)7-5-4-6-13(15)11-17/h3,12-13,19H,1,4-11H2,2H3,(H,16,18). The van der Waals surface area contributed by atoms with Gasteiger partial charge in [-0.05, 0) is 26.2 Å². The lowest BCUT2D eigenvalue weighted by Crippen LogP contribution is -2.57. The Labute approximate surface area is 115 Å². The number of amides is 1. The second-order valence-corrected chi connectivity index (χ2v) is 6.00. The molecule has 2 aliphatic rings. The zero-order valence-electron chi connectivity index (χ0n) is 11.9. The molecule has 1 amide bonds. The first-order valence-corrected chi connectivity index (χ1v) is 7.42. The highest BCUT2D eigenvalue weighted by Gasteiger charge is 2.44. The first kappa shape index (κ1) is 14.5. The van der Waals surface area contributed by atoms with Crippen molar-refractivity contribution >= 4 is 5.91 Å². The molecule has 3 unspecified atom stereocenters. The maximum Gasteiger partial charge on any atom is 0.237 e. The van der Waals surface area contributed by atoms with E-state index in [1.165, 1.54) is 6.42 Å². The van der Waals surface area contributed by atoms with Gasteiger partial charge < -0.3 is 10.4 Å². The molecule has 1 saturated carbocycles. The Kier molecular flexibility index (Phi) is 4.63. The molecule has 0 aromatic carbocycles. The van der Waals surface area contributed by atoms with Crippen molar-refractivity contribution in [3.8, 4) is 0 Å². The first-order valence-electron chi connectivity index (χ1n) is 7.42. The molecule has 3 atom stereocenters. The van der Waals surface area contributed by atoms with Crippen LogP contribution in [-0.2, 0) is 4.79 Å². The van der Waals surface area contributed by atoms with Crippen LogP contribution in [0.3, 0.4) is 0 Å². The van der Waals surface area contributed by atoms with E-state index < -0.39 is 5.60 Å². The van der Waals surface area contributed by atoms with E-state index in [0.717, 1.165) is 38.8 Å². The van der Waals surface area contributed by atoms with Gasteiger partial charge in [0, 0.05) is 25.6 Å². The van der Waals surface area contributed by atoms with Crippen LogP contribution in [0.4, 0.5) is 0 Å². The number of likely N-dealkylation sites (tertiary alicyclic amines) is 1. The highest BCUT2D eigenvalue weighted by atomic mass is 16.3. The molecule has 4 heteroatoms. The summed E-state index contributed by atoms with van der Waals surface area (Å²) in [5.41, 5.74) is -0.466. The fraction of sp³-hybridized carbons (Fsp3) is 0.800. The molecule has 1 aliphatic carbocycles. The minimum Gasteiger partial charge on any atom is -0.390 e. The summed E-state index contributed by atoms with van der Waals surface area (Å²) in [6.45, 7) is 7.74. The molecule has 19 heavy (non-hydrogen) atoms. The summed E-state index contributed by atoms with van der Waals surface area (Å²) in [5, 5.41) is 13.5. The van der Waals surface area contributed by atoms with E-state index in [-0.39, 0.29) is 11.9 Å². The van der Waals surface area contributed by atoms with Crippen LogP contribution in [0.2, 0.25) is 0 Å². The van der Waals surface area contributed by atoms with Crippen molar-refractivity contribution in [2.45, 2.75) is 50.7 Å². The lowest BCUT2D eigenvalue weighted by molar-refractivity contribution is -0.133.